The fourth-order valence-electron chi connectivity index (χ4n) is 10.8. The Bertz CT molecular complexity index is 3570. The van der Waals surface area contributed by atoms with Gasteiger partial charge in [0.1, 0.15) is 11.2 Å². The number of nitrogens with zero attached hydrogens (tertiary/aromatic N) is 2. The Hall–Kier alpha value is -7.36. The van der Waals surface area contributed by atoms with Crippen molar-refractivity contribution < 1.29 is 4.42 Å². The molecule has 63 heavy (non-hydrogen) atoms. The molecule has 0 saturated carbocycles. The molecule has 0 amide bonds. The molecule has 0 aliphatic heterocycles. The molecule has 0 unspecified atom stereocenters. The molecule has 0 saturated heterocycles. The van der Waals surface area contributed by atoms with E-state index in [1.807, 2.05) is 6.07 Å². The molecule has 0 N–H and O–H groups in total. The molecule has 0 bridgehead atoms. The van der Waals surface area contributed by atoms with Crippen LogP contribution in [0.25, 0.3) is 82.5 Å². The Kier molecular flexibility index (Phi) is 8.36. The second-order valence-electron chi connectivity index (χ2n) is 18.7. The van der Waals surface area contributed by atoms with Gasteiger partial charge in [-0.1, -0.05) is 161 Å². The standard InChI is InChI=1S/C60H48N2O/c1-59(2)36-37-60(3,4)58-46(22-14-23-49(58)59)45-20-10-12-24-50(45)62-51-35-33-43(38-48(51)56-44-19-9-8-18-41(44)30-34-53(56)62)61(42-31-28-40(29-32-42)39-16-6-5-7-17-39)52-25-15-27-55-57(52)47-21-11-13-26-54(47)63-55/h5-35,38H,36-37H2,1-4H3. The number of hydrogen-bond donors (Lipinski definition) is 0. The molecule has 0 spiro atoms. The lowest BCUT2D eigenvalue weighted by molar-refractivity contribution is 0.333. The largest absolute Gasteiger partial charge is 0.456 e. The first kappa shape index (κ1) is 37.4. The van der Waals surface area contributed by atoms with Gasteiger partial charge in [0.25, 0.3) is 0 Å². The summed E-state index contributed by atoms with van der Waals surface area (Å²) >= 11 is 0. The number of para-hydroxylation sites is 2. The molecule has 304 valence electrons. The zero-order valence-corrected chi connectivity index (χ0v) is 36.2. The summed E-state index contributed by atoms with van der Waals surface area (Å²) < 4.78 is 9.02. The molecule has 0 radical (unpaired) electrons. The summed E-state index contributed by atoms with van der Waals surface area (Å²) in [4.78, 5) is 2.42. The minimum absolute atomic E-state index is 0.0480. The summed E-state index contributed by atoms with van der Waals surface area (Å²) in [5, 5.41) is 7.13. The average molecular weight is 813 g/mol. The van der Waals surface area contributed by atoms with Crippen LogP contribution in [0.3, 0.4) is 0 Å². The molecule has 0 atom stereocenters. The van der Waals surface area contributed by atoms with E-state index in [1.165, 1.54) is 78.1 Å². The second kappa shape index (κ2) is 14.1. The number of furan rings is 1. The molecule has 2 aromatic heterocycles. The molecule has 9 aromatic carbocycles. The summed E-state index contributed by atoms with van der Waals surface area (Å²) in [5.41, 5.74) is 16.6. The van der Waals surface area contributed by atoms with E-state index in [9.17, 15) is 0 Å². The Labute approximate surface area is 368 Å². The highest BCUT2D eigenvalue weighted by Crippen LogP contribution is 2.51. The van der Waals surface area contributed by atoms with Crippen LogP contribution < -0.4 is 4.90 Å². The summed E-state index contributed by atoms with van der Waals surface area (Å²) in [6.07, 6.45) is 2.34. The smallest absolute Gasteiger partial charge is 0.137 e. The predicted octanol–water partition coefficient (Wildman–Crippen LogP) is 17.0. The van der Waals surface area contributed by atoms with Gasteiger partial charge in [0.05, 0.1) is 27.8 Å². The molecule has 1 aliphatic carbocycles. The van der Waals surface area contributed by atoms with Crippen LogP contribution in [0.15, 0.2) is 199 Å². The van der Waals surface area contributed by atoms with Gasteiger partial charge in [0.15, 0.2) is 0 Å². The zero-order chi connectivity index (χ0) is 42.5. The van der Waals surface area contributed by atoms with Crippen molar-refractivity contribution in [1.29, 1.82) is 0 Å². The van der Waals surface area contributed by atoms with Crippen molar-refractivity contribution in [2.45, 2.75) is 51.4 Å². The number of rotatable bonds is 6. The second-order valence-corrected chi connectivity index (χ2v) is 18.7. The minimum atomic E-state index is 0.0480. The van der Waals surface area contributed by atoms with Crippen LogP contribution in [0.5, 0.6) is 0 Å². The topological polar surface area (TPSA) is 21.3 Å². The zero-order valence-electron chi connectivity index (χ0n) is 36.2. The Balaban J connectivity index is 1.13. The van der Waals surface area contributed by atoms with Crippen LogP contribution in [-0.2, 0) is 10.8 Å². The van der Waals surface area contributed by atoms with Gasteiger partial charge in [-0.3, -0.25) is 0 Å². The van der Waals surface area contributed by atoms with Gasteiger partial charge in [-0.2, -0.15) is 0 Å². The van der Waals surface area contributed by atoms with Gasteiger partial charge in [-0.15, -0.1) is 0 Å². The third-order valence-electron chi connectivity index (χ3n) is 14.0. The van der Waals surface area contributed by atoms with Gasteiger partial charge in [-0.05, 0) is 123 Å². The van der Waals surface area contributed by atoms with Crippen LogP contribution in [0.2, 0.25) is 0 Å². The lowest BCUT2D eigenvalue weighted by Crippen LogP contribution is -2.34. The molecule has 3 heteroatoms. The molecule has 11 aromatic rings. The van der Waals surface area contributed by atoms with Gasteiger partial charge < -0.3 is 13.9 Å². The average Bonchev–Trinajstić information content (AvgIpc) is 3.87. The Morgan fingerprint density at radius 1 is 0.460 bits per heavy atom. The van der Waals surface area contributed by atoms with Crippen LogP contribution in [0.1, 0.15) is 51.7 Å². The first-order valence-corrected chi connectivity index (χ1v) is 22.3. The van der Waals surface area contributed by atoms with Crippen molar-refractivity contribution in [2.24, 2.45) is 0 Å². The summed E-state index contributed by atoms with van der Waals surface area (Å²) in [5.74, 6) is 0. The minimum Gasteiger partial charge on any atom is -0.456 e. The molecule has 2 heterocycles. The summed E-state index contributed by atoms with van der Waals surface area (Å²) in [6.45, 7) is 9.72. The molecule has 3 nitrogen and oxygen atoms in total. The number of benzene rings is 9. The lowest BCUT2D eigenvalue weighted by atomic mass is 9.61. The van der Waals surface area contributed by atoms with Gasteiger partial charge in [-0.25, -0.2) is 0 Å². The van der Waals surface area contributed by atoms with E-state index in [4.69, 9.17) is 4.42 Å². The van der Waals surface area contributed by atoms with Crippen LogP contribution in [0, 0.1) is 0 Å². The number of hydrogen-bond acceptors (Lipinski definition) is 2. The van der Waals surface area contributed by atoms with Crippen molar-refractivity contribution >= 4 is 71.6 Å². The fraction of sp³-hybridized carbons (Fsp3) is 0.133. The number of aromatic nitrogens is 1. The lowest BCUT2D eigenvalue weighted by Gasteiger charge is -2.43. The van der Waals surface area contributed by atoms with E-state index in [0.29, 0.717) is 0 Å². The SMILES string of the molecule is CC1(C)CCC(C)(C)c2c(-c3ccccc3-n3c4ccc(N(c5ccc(-c6ccccc6)cc5)c5cccc6oc7ccccc7c56)cc4c4c5ccccc5ccc43)cccc21. The summed E-state index contributed by atoms with van der Waals surface area (Å²) in [6, 6.07) is 71.1. The highest BCUT2D eigenvalue weighted by Gasteiger charge is 2.39. The Morgan fingerprint density at radius 3 is 1.97 bits per heavy atom. The van der Waals surface area contributed by atoms with Crippen molar-refractivity contribution in [3.63, 3.8) is 0 Å². The molecular formula is C60H48N2O. The Morgan fingerprint density at radius 2 is 1.11 bits per heavy atom. The number of fused-ring (bicyclic) bond motifs is 9. The van der Waals surface area contributed by atoms with Crippen molar-refractivity contribution in [3.8, 4) is 27.9 Å². The maximum atomic E-state index is 6.50. The highest BCUT2D eigenvalue weighted by atomic mass is 16.3. The van der Waals surface area contributed by atoms with E-state index in [0.717, 1.165) is 45.4 Å². The van der Waals surface area contributed by atoms with Crippen LogP contribution in [0.4, 0.5) is 17.1 Å². The monoisotopic (exact) mass is 812 g/mol. The van der Waals surface area contributed by atoms with Crippen molar-refractivity contribution in [2.75, 3.05) is 4.90 Å². The molecule has 1 aliphatic rings. The van der Waals surface area contributed by atoms with E-state index in [-0.39, 0.29) is 10.8 Å². The summed E-state index contributed by atoms with van der Waals surface area (Å²) in [7, 11) is 0. The first-order chi connectivity index (χ1) is 30.7. The van der Waals surface area contributed by atoms with E-state index in [2.05, 4.69) is 225 Å². The van der Waals surface area contributed by atoms with Crippen molar-refractivity contribution in [3.05, 3.63) is 205 Å². The van der Waals surface area contributed by atoms with Crippen LogP contribution >= 0.6 is 0 Å². The third-order valence-corrected chi connectivity index (χ3v) is 14.0. The maximum absolute atomic E-state index is 6.50. The van der Waals surface area contributed by atoms with E-state index in [1.54, 1.807) is 0 Å². The van der Waals surface area contributed by atoms with Crippen molar-refractivity contribution in [1.82, 2.24) is 4.57 Å². The van der Waals surface area contributed by atoms with E-state index >= 15 is 0 Å². The quantitative estimate of drug-likeness (QED) is 0.167. The predicted molar refractivity (Wildman–Crippen MR) is 266 cm³/mol. The fourth-order valence-corrected chi connectivity index (χ4v) is 10.8. The molecular weight excluding hydrogens is 765 g/mol. The first-order valence-electron chi connectivity index (χ1n) is 22.3. The highest BCUT2D eigenvalue weighted by molar-refractivity contribution is 6.22. The van der Waals surface area contributed by atoms with Gasteiger partial charge in [0, 0.05) is 33.1 Å². The van der Waals surface area contributed by atoms with Gasteiger partial charge in [0.2, 0.25) is 0 Å². The van der Waals surface area contributed by atoms with E-state index < -0.39 is 0 Å². The normalized spacial score (nSPS) is 14.5. The number of anilines is 3. The third kappa shape index (κ3) is 5.87. The maximum Gasteiger partial charge on any atom is 0.137 e. The molecule has 0 fully saturated rings. The van der Waals surface area contributed by atoms with Crippen LogP contribution in [-0.4, -0.2) is 4.57 Å². The van der Waals surface area contributed by atoms with Gasteiger partial charge >= 0.3 is 0 Å². The molecule has 12 rings (SSSR count).